The van der Waals surface area contributed by atoms with Crippen molar-refractivity contribution >= 4 is 55.6 Å². The van der Waals surface area contributed by atoms with Crippen LogP contribution in [0, 0.1) is 6.92 Å². The molecule has 0 spiro atoms. The number of fused-ring (bicyclic) bond motifs is 1. The highest BCUT2D eigenvalue weighted by Crippen LogP contribution is 2.30. The fourth-order valence-corrected chi connectivity index (χ4v) is 4.23. The predicted octanol–water partition coefficient (Wildman–Crippen LogP) is 3.57. The van der Waals surface area contributed by atoms with Crippen LogP contribution in [-0.2, 0) is 4.74 Å². The molecule has 1 fully saturated rings. The zero-order valence-electron chi connectivity index (χ0n) is 15.4. The van der Waals surface area contributed by atoms with Crippen molar-refractivity contribution in [1.82, 2.24) is 10.3 Å². The minimum atomic E-state index is -0.239. The number of morpholine rings is 1. The van der Waals surface area contributed by atoms with Crippen molar-refractivity contribution in [2.75, 3.05) is 36.5 Å². The van der Waals surface area contributed by atoms with Crippen LogP contribution < -0.4 is 15.5 Å². The number of rotatable bonds is 3. The monoisotopic (exact) mass is 412 g/mol. The van der Waals surface area contributed by atoms with E-state index in [1.807, 2.05) is 31.2 Å². The number of anilines is 2. The Kier molecular flexibility index (Phi) is 5.52. The third-order valence-electron chi connectivity index (χ3n) is 4.48. The Morgan fingerprint density at radius 2 is 2.04 bits per heavy atom. The molecular weight excluding hydrogens is 392 g/mol. The van der Waals surface area contributed by atoms with Gasteiger partial charge in [0.25, 0.3) is 5.91 Å². The molecule has 1 aromatic heterocycles. The predicted molar refractivity (Wildman–Crippen MR) is 118 cm³/mol. The van der Waals surface area contributed by atoms with Crippen molar-refractivity contribution < 1.29 is 9.53 Å². The van der Waals surface area contributed by atoms with Crippen LogP contribution in [-0.4, -0.2) is 42.3 Å². The van der Waals surface area contributed by atoms with Gasteiger partial charge in [-0.1, -0.05) is 29.0 Å². The summed E-state index contributed by atoms with van der Waals surface area (Å²) in [6.07, 6.45) is 0. The number of benzene rings is 2. The van der Waals surface area contributed by atoms with Crippen LogP contribution in [0.4, 0.5) is 10.8 Å². The Hall–Kier alpha value is -2.55. The molecule has 1 amide bonds. The van der Waals surface area contributed by atoms with Crippen LogP contribution in [0.15, 0.2) is 42.5 Å². The van der Waals surface area contributed by atoms with Gasteiger partial charge < -0.3 is 15.0 Å². The fourth-order valence-electron chi connectivity index (χ4n) is 3.07. The lowest BCUT2D eigenvalue weighted by molar-refractivity contribution is 0.0977. The van der Waals surface area contributed by atoms with Gasteiger partial charge in [-0.3, -0.25) is 10.1 Å². The van der Waals surface area contributed by atoms with Gasteiger partial charge in [0, 0.05) is 24.3 Å². The number of carbonyl (C=O) groups is 1. The summed E-state index contributed by atoms with van der Waals surface area (Å²) < 4.78 is 6.49. The van der Waals surface area contributed by atoms with E-state index >= 15 is 0 Å². The van der Waals surface area contributed by atoms with E-state index in [1.165, 1.54) is 17.0 Å². The number of hydrogen-bond donors (Lipinski definition) is 2. The third kappa shape index (κ3) is 4.30. The molecule has 1 aliphatic rings. The summed E-state index contributed by atoms with van der Waals surface area (Å²) in [4.78, 5) is 19.2. The number of carbonyl (C=O) groups excluding carboxylic acids is 1. The fraction of sp³-hybridized carbons (Fsp3) is 0.250. The number of amides is 1. The van der Waals surface area contributed by atoms with E-state index in [0.29, 0.717) is 10.7 Å². The van der Waals surface area contributed by atoms with Crippen molar-refractivity contribution in [2.45, 2.75) is 6.92 Å². The second-order valence-corrected chi connectivity index (χ2v) is 7.99. The standard InChI is InChI=1S/C20H20N4O2S2/c1-13-3-2-4-14(11-13)18(25)22-19(27)23-20-21-16-6-5-15(12-17(16)28-20)24-7-9-26-10-8-24/h2-6,11-12H,7-10H2,1H3,(H2,21,22,23,25,27). The molecule has 0 atom stereocenters. The molecule has 0 saturated carbocycles. The van der Waals surface area contributed by atoms with Gasteiger partial charge in [0.15, 0.2) is 10.2 Å². The molecule has 2 N–H and O–H groups in total. The van der Waals surface area contributed by atoms with Crippen LogP contribution in [0.25, 0.3) is 10.2 Å². The molecule has 2 heterocycles. The van der Waals surface area contributed by atoms with Crippen LogP contribution in [0.2, 0.25) is 0 Å². The lowest BCUT2D eigenvalue weighted by atomic mass is 10.1. The second-order valence-electron chi connectivity index (χ2n) is 6.55. The molecule has 144 valence electrons. The highest BCUT2D eigenvalue weighted by molar-refractivity contribution is 7.80. The minimum absolute atomic E-state index is 0.235. The van der Waals surface area contributed by atoms with Crippen molar-refractivity contribution in [1.29, 1.82) is 0 Å². The number of thiocarbonyl (C=S) groups is 1. The lowest BCUT2D eigenvalue weighted by Crippen LogP contribution is -2.36. The smallest absolute Gasteiger partial charge is 0.257 e. The highest BCUT2D eigenvalue weighted by Gasteiger charge is 2.14. The zero-order valence-corrected chi connectivity index (χ0v) is 17.0. The summed E-state index contributed by atoms with van der Waals surface area (Å²) in [6, 6.07) is 13.6. The van der Waals surface area contributed by atoms with E-state index in [9.17, 15) is 4.79 Å². The van der Waals surface area contributed by atoms with Gasteiger partial charge in [0.2, 0.25) is 0 Å². The van der Waals surface area contributed by atoms with Gasteiger partial charge in [-0.25, -0.2) is 4.98 Å². The van der Waals surface area contributed by atoms with Gasteiger partial charge >= 0.3 is 0 Å². The van der Waals surface area contributed by atoms with E-state index in [0.717, 1.165) is 42.1 Å². The van der Waals surface area contributed by atoms with Crippen LogP contribution in [0.1, 0.15) is 15.9 Å². The van der Waals surface area contributed by atoms with Gasteiger partial charge in [-0.05, 0) is 49.5 Å². The molecule has 0 radical (unpaired) electrons. The largest absolute Gasteiger partial charge is 0.378 e. The van der Waals surface area contributed by atoms with Crippen LogP contribution >= 0.6 is 23.6 Å². The molecule has 6 nitrogen and oxygen atoms in total. The van der Waals surface area contributed by atoms with Crippen molar-refractivity contribution in [3.63, 3.8) is 0 Å². The quantitative estimate of drug-likeness (QED) is 0.641. The Morgan fingerprint density at radius 3 is 2.82 bits per heavy atom. The number of hydrogen-bond acceptors (Lipinski definition) is 6. The third-order valence-corrected chi connectivity index (χ3v) is 5.61. The Balaban J connectivity index is 1.44. The molecule has 0 unspecified atom stereocenters. The molecule has 2 aromatic carbocycles. The highest BCUT2D eigenvalue weighted by atomic mass is 32.1. The molecular formula is C20H20N4O2S2. The van der Waals surface area contributed by atoms with Gasteiger partial charge in [-0.15, -0.1) is 0 Å². The minimum Gasteiger partial charge on any atom is -0.378 e. The summed E-state index contributed by atoms with van der Waals surface area (Å²) in [5.74, 6) is -0.239. The maximum Gasteiger partial charge on any atom is 0.257 e. The SMILES string of the molecule is Cc1cccc(C(=O)NC(=S)Nc2nc3ccc(N4CCOCC4)cc3s2)c1. The van der Waals surface area contributed by atoms with E-state index in [-0.39, 0.29) is 11.0 Å². The van der Waals surface area contributed by atoms with Gasteiger partial charge in [-0.2, -0.15) is 0 Å². The number of thiazole rings is 1. The first-order valence-corrected chi connectivity index (χ1v) is 10.2. The number of nitrogens with one attached hydrogen (secondary N) is 2. The Morgan fingerprint density at radius 1 is 1.21 bits per heavy atom. The first-order valence-electron chi connectivity index (χ1n) is 9.01. The Bertz CT molecular complexity index is 1030. The average molecular weight is 413 g/mol. The van der Waals surface area contributed by atoms with E-state index < -0.39 is 0 Å². The van der Waals surface area contributed by atoms with Crippen LogP contribution in [0.3, 0.4) is 0 Å². The van der Waals surface area contributed by atoms with E-state index in [1.54, 1.807) is 6.07 Å². The van der Waals surface area contributed by atoms with Crippen molar-refractivity contribution in [3.05, 3.63) is 53.6 Å². The number of aromatic nitrogens is 1. The summed E-state index contributed by atoms with van der Waals surface area (Å²) >= 11 is 6.79. The molecule has 4 rings (SSSR count). The number of aryl methyl sites for hydroxylation is 1. The molecule has 3 aromatic rings. The average Bonchev–Trinajstić information content (AvgIpc) is 3.09. The molecule has 0 bridgehead atoms. The van der Waals surface area contributed by atoms with Crippen LogP contribution in [0.5, 0.6) is 0 Å². The van der Waals surface area contributed by atoms with E-state index in [2.05, 4.69) is 32.7 Å². The number of ether oxygens (including phenoxy) is 1. The van der Waals surface area contributed by atoms with E-state index in [4.69, 9.17) is 17.0 Å². The summed E-state index contributed by atoms with van der Waals surface area (Å²) in [6.45, 7) is 5.24. The maximum atomic E-state index is 12.3. The molecule has 0 aliphatic carbocycles. The normalized spacial score (nSPS) is 14.1. The van der Waals surface area contributed by atoms with Gasteiger partial charge in [0.1, 0.15) is 0 Å². The molecule has 28 heavy (non-hydrogen) atoms. The molecule has 1 saturated heterocycles. The van der Waals surface area contributed by atoms with Crippen molar-refractivity contribution in [3.8, 4) is 0 Å². The molecule has 1 aliphatic heterocycles. The second kappa shape index (κ2) is 8.22. The first kappa shape index (κ1) is 18.8. The maximum absolute atomic E-state index is 12.3. The zero-order chi connectivity index (χ0) is 19.5. The first-order chi connectivity index (χ1) is 13.6. The Labute approximate surface area is 172 Å². The van der Waals surface area contributed by atoms with Crippen molar-refractivity contribution in [2.24, 2.45) is 0 Å². The summed E-state index contributed by atoms with van der Waals surface area (Å²) in [5, 5.41) is 6.62. The van der Waals surface area contributed by atoms with Gasteiger partial charge in [0.05, 0.1) is 23.4 Å². The summed E-state index contributed by atoms with van der Waals surface area (Å²) in [7, 11) is 0. The number of nitrogens with zero attached hydrogens (tertiary/aromatic N) is 2. The topological polar surface area (TPSA) is 66.5 Å². The summed E-state index contributed by atoms with van der Waals surface area (Å²) in [5.41, 5.74) is 3.66. The lowest BCUT2D eigenvalue weighted by Gasteiger charge is -2.28. The molecule has 8 heteroatoms.